The zero-order chi connectivity index (χ0) is 14.3. The van der Waals surface area contributed by atoms with Crippen molar-refractivity contribution in [2.75, 3.05) is 5.75 Å². The van der Waals surface area contributed by atoms with E-state index >= 15 is 0 Å². The van der Waals surface area contributed by atoms with Gasteiger partial charge in [0.05, 0.1) is 16.3 Å². The van der Waals surface area contributed by atoms with Gasteiger partial charge in [-0.2, -0.15) is 0 Å². The summed E-state index contributed by atoms with van der Waals surface area (Å²) in [5.41, 5.74) is 2.05. The predicted octanol–water partition coefficient (Wildman–Crippen LogP) is 3.67. The lowest BCUT2D eigenvalue weighted by molar-refractivity contribution is -0.133. The van der Waals surface area contributed by atoms with Crippen molar-refractivity contribution in [2.24, 2.45) is 5.41 Å². The van der Waals surface area contributed by atoms with E-state index in [0.717, 1.165) is 22.7 Å². The molecule has 0 amide bonds. The van der Waals surface area contributed by atoms with E-state index in [2.05, 4.69) is 16.5 Å². The van der Waals surface area contributed by atoms with Gasteiger partial charge < -0.3 is 9.67 Å². The number of halogens is 1. The number of hydrogen-bond acceptors (Lipinski definition) is 3. The molecule has 0 bridgehead atoms. The van der Waals surface area contributed by atoms with Crippen LogP contribution in [0, 0.1) is 5.41 Å². The van der Waals surface area contributed by atoms with Crippen LogP contribution in [0.25, 0.3) is 11.0 Å². The van der Waals surface area contributed by atoms with E-state index < -0.39 is 5.97 Å². The van der Waals surface area contributed by atoms with Gasteiger partial charge in [0.15, 0.2) is 5.16 Å². The quantitative estimate of drug-likeness (QED) is 0.856. The highest BCUT2D eigenvalue weighted by Crippen LogP contribution is 2.47. The second kappa shape index (κ2) is 4.97. The summed E-state index contributed by atoms with van der Waals surface area (Å²) in [6, 6.07) is 5.71. The number of nitrogens with zero attached hydrogens (tertiary/aromatic N) is 2. The van der Waals surface area contributed by atoms with E-state index in [1.54, 1.807) is 0 Å². The number of para-hydroxylation sites is 1. The largest absolute Gasteiger partial charge is 0.481 e. The highest BCUT2D eigenvalue weighted by Gasteiger charge is 2.38. The van der Waals surface area contributed by atoms with Gasteiger partial charge in [-0.15, -0.1) is 0 Å². The molecule has 0 spiro atoms. The summed E-state index contributed by atoms with van der Waals surface area (Å²) in [6.45, 7) is 3.11. The zero-order valence-corrected chi connectivity index (χ0v) is 12.7. The third-order valence-electron chi connectivity index (χ3n) is 3.66. The topological polar surface area (TPSA) is 55.1 Å². The van der Waals surface area contributed by atoms with Gasteiger partial charge in [-0.05, 0) is 30.4 Å². The van der Waals surface area contributed by atoms with Crippen molar-refractivity contribution in [3.05, 3.63) is 23.2 Å². The number of rotatable bonds is 5. The fourth-order valence-corrected chi connectivity index (χ4v) is 3.17. The number of carboxylic acid groups (broad SMARTS) is 1. The molecule has 0 atom stereocenters. The first-order valence-electron chi connectivity index (χ1n) is 6.48. The average molecular weight is 311 g/mol. The van der Waals surface area contributed by atoms with Crippen LogP contribution in [0.1, 0.15) is 19.8 Å². The third-order valence-corrected chi connectivity index (χ3v) is 4.93. The van der Waals surface area contributed by atoms with Gasteiger partial charge in [0.2, 0.25) is 0 Å². The van der Waals surface area contributed by atoms with Crippen LogP contribution >= 0.6 is 23.4 Å². The number of aromatic nitrogens is 2. The summed E-state index contributed by atoms with van der Waals surface area (Å²) >= 11 is 7.44. The molecular weight excluding hydrogens is 296 g/mol. The molecule has 0 aliphatic heterocycles. The van der Waals surface area contributed by atoms with Crippen molar-refractivity contribution in [3.63, 3.8) is 0 Å². The molecule has 1 aliphatic rings. The Morgan fingerprint density at radius 3 is 2.95 bits per heavy atom. The fourth-order valence-electron chi connectivity index (χ4n) is 2.23. The first kappa shape index (κ1) is 13.8. The van der Waals surface area contributed by atoms with Crippen LogP contribution in [0.5, 0.6) is 0 Å². The highest BCUT2D eigenvalue weighted by atomic mass is 35.5. The fraction of sp³-hybridized carbons (Fsp3) is 0.429. The van der Waals surface area contributed by atoms with Crippen LogP contribution in [0.2, 0.25) is 5.02 Å². The molecule has 4 nitrogen and oxygen atoms in total. The smallest absolute Gasteiger partial charge is 0.313 e. The molecular formula is C14H15ClN2O2S. The molecule has 1 aromatic carbocycles. The highest BCUT2D eigenvalue weighted by molar-refractivity contribution is 7.99. The Morgan fingerprint density at radius 2 is 2.30 bits per heavy atom. The molecule has 1 aromatic heterocycles. The Hall–Kier alpha value is -1.20. The van der Waals surface area contributed by atoms with Crippen molar-refractivity contribution in [3.8, 4) is 0 Å². The summed E-state index contributed by atoms with van der Waals surface area (Å²) in [4.78, 5) is 15.3. The van der Waals surface area contributed by atoms with Crippen molar-refractivity contribution >= 4 is 40.4 Å². The Morgan fingerprint density at radius 1 is 1.55 bits per heavy atom. The van der Waals surface area contributed by atoms with Gasteiger partial charge in [-0.1, -0.05) is 36.4 Å². The number of aliphatic carboxylic acids is 1. The summed E-state index contributed by atoms with van der Waals surface area (Å²) < 4.78 is 2.11. The lowest BCUT2D eigenvalue weighted by Crippen LogP contribution is -2.10. The van der Waals surface area contributed by atoms with Crippen molar-refractivity contribution in [1.82, 2.24) is 9.55 Å². The molecule has 6 heteroatoms. The van der Waals surface area contributed by atoms with Gasteiger partial charge >= 0.3 is 5.97 Å². The third kappa shape index (κ3) is 2.65. The summed E-state index contributed by atoms with van der Waals surface area (Å²) in [5.74, 6) is -0.824. The Balaban J connectivity index is 2.03. The van der Waals surface area contributed by atoms with E-state index in [9.17, 15) is 4.79 Å². The summed E-state index contributed by atoms with van der Waals surface area (Å²) in [7, 11) is 0. The van der Waals surface area contributed by atoms with Gasteiger partial charge in [0, 0.05) is 6.54 Å². The second-order valence-electron chi connectivity index (χ2n) is 5.58. The second-order valence-corrected chi connectivity index (χ2v) is 6.93. The summed E-state index contributed by atoms with van der Waals surface area (Å²) in [6.07, 6.45) is 2.41. The molecule has 20 heavy (non-hydrogen) atoms. The number of carbonyl (C=O) groups is 1. The van der Waals surface area contributed by atoms with E-state index in [4.69, 9.17) is 16.7 Å². The van der Waals surface area contributed by atoms with Crippen molar-refractivity contribution in [1.29, 1.82) is 0 Å². The molecule has 0 saturated heterocycles. The zero-order valence-electron chi connectivity index (χ0n) is 11.1. The van der Waals surface area contributed by atoms with E-state index in [1.807, 2.05) is 18.2 Å². The van der Waals surface area contributed by atoms with Crippen LogP contribution in [0.4, 0.5) is 0 Å². The first-order chi connectivity index (χ1) is 9.48. The molecule has 0 radical (unpaired) electrons. The standard InChI is InChI=1S/C14H15ClN2O2S/c1-14(5-6-14)8-17-10-4-2-3-9(15)12(10)16-13(17)20-7-11(18)19/h2-4H,5-8H2,1H3,(H,18,19). The Bertz CT molecular complexity index is 679. The molecule has 106 valence electrons. The molecule has 2 aromatic rings. The Kier molecular flexibility index (Phi) is 3.42. The van der Waals surface area contributed by atoms with Gasteiger partial charge in [0.1, 0.15) is 5.52 Å². The molecule has 1 heterocycles. The number of fused-ring (bicyclic) bond motifs is 1. The lowest BCUT2D eigenvalue weighted by atomic mass is 10.1. The minimum atomic E-state index is -0.836. The number of thioether (sulfide) groups is 1. The molecule has 1 aliphatic carbocycles. The van der Waals surface area contributed by atoms with E-state index in [-0.39, 0.29) is 5.75 Å². The Labute approximate surface area is 126 Å². The SMILES string of the molecule is CC1(Cn2c(SCC(=O)O)nc3c(Cl)cccc32)CC1. The van der Waals surface area contributed by atoms with Crippen LogP contribution < -0.4 is 0 Å². The van der Waals surface area contributed by atoms with Gasteiger partial charge in [-0.25, -0.2) is 4.98 Å². The predicted molar refractivity (Wildman–Crippen MR) is 80.4 cm³/mol. The maximum absolute atomic E-state index is 10.8. The first-order valence-corrected chi connectivity index (χ1v) is 7.84. The molecule has 1 saturated carbocycles. The van der Waals surface area contributed by atoms with Gasteiger partial charge in [-0.3, -0.25) is 4.79 Å². The number of imidazole rings is 1. The number of carboxylic acids is 1. The van der Waals surface area contributed by atoms with Crippen LogP contribution in [0.3, 0.4) is 0 Å². The minimum absolute atomic E-state index is 0.0116. The van der Waals surface area contributed by atoms with Gasteiger partial charge in [0.25, 0.3) is 0 Å². The minimum Gasteiger partial charge on any atom is -0.481 e. The van der Waals surface area contributed by atoms with Crippen molar-refractivity contribution < 1.29 is 9.90 Å². The summed E-state index contributed by atoms with van der Waals surface area (Å²) in [5, 5.41) is 10.2. The lowest BCUT2D eigenvalue weighted by Gasteiger charge is -2.13. The van der Waals surface area contributed by atoms with Crippen LogP contribution in [-0.4, -0.2) is 26.4 Å². The molecule has 1 fully saturated rings. The van der Waals surface area contributed by atoms with E-state index in [0.29, 0.717) is 10.4 Å². The van der Waals surface area contributed by atoms with Crippen LogP contribution in [-0.2, 0) is 11.3 Å². The normalized spacial score (nSPS) is 16.5. The number of hydrogen-bond donors (Lipinski definition) is 1. The average Bonchev–Trinajstić information content (AvgIpc) is 3.01. The van der Waals surface area contributed by atoms with Crippen LogP contribution in [0.15, 0.2) is 23.4 Å². The van der Waals surface area contributed by atoms with Crippen molar-refractivity contribution in [2.45, 2.75) is 31.5 Å². The monoisotopic (exact) mass is 310 g/mol. The molecule has 3 rings (SSSR count). The molecule has 0 unspecified atom stereocenters. The maximum atomic E-state index is 10.8. The number of benzene rings is 1. The van der Waals surface area contributed by atoms with E-state index in [1.165, 1.54) is 24.6 Å². The molecule has 1 N–H and O–H groups in total. The maximum Gasteiger partial charge on any atom is 0.313 e.